The van der Waals surface area contributed by atoms with Crippen LogP contribution in [0.25, 0.3) is 0 Å². The molecule has 21 heavy (non-hydrogen) atoms. The molecule has 0 fully saturated rings. The van der Waals surface area contributed by atoms with Gasteiger partial charge in [-0.1, -0.05) is 0 Å². The molecule has 0 aliphatic rings. The summed E-state index contributed by atoms with van der Waals surface area (Å²) in [7, 11) is 0. The average Bonchev–Trinajstić information content (AvgIpc) is 2.44. The maximum Gasteiger partial charge on any atom is 0.259 e. The van der Waals surface area contributed by atoms with E-state index in [4.69, 9.17) is 5.84 Å². The van der Waals surface area contributed by atoms with Crippen LogP contribution in [0.4, 0.5) is 15.8 Å². The molecule has 0 atom stereocenters. The number of rotatable bonds is 3. The molecule has 2 aromatic rings. The van der Waals surface area contributed by atoms with Crippen LogP contribution in [0.2, 0.25) is 0 Å². The first-order valence-corrected chi connectivity index (χ1v) is 6.92. The molecule has 0 saturated carbocycles. The molecular weight excluding hydrogens is 339 g/mol. The highest BCUT2D eigenvalue weighted by Gasteiger charge is 2.14. The number of anilines is 2. The number of amides is 1. The molecule has 5 nitrogen and oxygen atoms in total. The molecule has 0 unspecified atom stereocenters. The summed E-state index contributed by atoms with van der Waals surface area (Å²) >= 11 is 3.10. The predicted octanol–water partition coefficient (Wildman–Crippen LogP) is 3.14. The van der Waals surface area contributed by atoms with Crippen molar-refractivity contribution >= 4 is 33.2 Å². The van der Waals surface area contributed by atoms with E-state index in [-0.39, 0.29) is 5.56 Å². The Labute approximate surface area is 129 Å². The van der Waals surface area contributed by atoms with Crippen LogP contribution in [0.3, 0.4) is 0 Å². The summed E-state index contributed by atoms with van der Waals surface area (Å²) in [5, 5.41) is 2.65. The molecule has 0 aliphatic carbocycles. The quantitative estimate of drug-likeness (QED) is 0.585. The van der Waals surface area contributed by atoms with Crippen LogP contribution >= 0.6 is 15.9 Å². The largest absolute Gasteiger partial charge is 0.323 e. The molecule has 0 spiro atoms. The zero-order chi connectivity index (χ0) is 15.6. The normalized spacial score (nSPS) is 10.3. The number of nitrogens with two attached hydrogens (primary N) is 1. The van der Waals surface area contributed by atoms with Gasteiger partial charge in [0.05, 0.1) is 15.7 Å². The van der Waals surface area contributed by atoms with Crippen LogP contribution in [0.1, 0.15) is 21.6 Å². The van der Waals surface area contributed by atoms with Gasteiger partial charge in [-0.15, -0.1) is 0 Å². The Hall–Kier alpha value is -1.99. The van der Waals surface area contributed by atoms with E-state index < -0.39 is 11.7 Å². The van der Waals surface area contributed by atoms with E-state index in [0.29, 0.717) is 15.8 Å². The van der Waals surface area contributed by atoms with Crippen molar-refractivity contribution in [2.75, 3.05) is 10.7 Å². The molecular formula is C14H14BrFN4O. The van der Waals surface area contributed by atoms with Crippen LogP contribution < -0.4 is 16.6 Å². The number of pyridine rings is 1. The van der Waals surface area contributed by atoms with Crippen LogP contribution in [-0.2, 0) is 0 Å². The fourth-order valence-electron chi connectivity index (χ4n) is 1.83. The molecule has 1 aromatic carbocycles. The minimum absolute atomic E-state index is 0.283. The SMILES string of the molecule is Cc1cc(NN)c(C(=O)Nc2cc(F)c(Br)cc2C)cn1. The Morgan fingerprint density at radius 2 is 2.00 bits per heavy atom. The second-order valence-corrected chi connectivity index (χ2v) is 5.41. The number of nitrogens with zero attached hydrogens (tertiary/aromatic N) is 1. The number of hydrogen-bond acceptors (Lipinski definition) is 4. The summed E-state index contributed by atoms with van der Waals surface area (Å²) in [4.78, 5) is 16.3. The highest BCUT2D eigenvalue weighted by molar-refractivity contribution is 9.10. The fourth-order valence-corrected chi connectivity index (χ4v) is 2.29. The third kappa shape index (κ3) is 3.37. The Kier molecular flexibility index (Phi) is 4.54. The number of nitrogens with one attached hydrogen (secondary N) is 2. The molecule has 4 N–H and O–H groups in total. The molecule has 1 amide bonds. The van der Waals surface area contributed by atoms with Crippen molar-refractivity contribution in [1.29, 1.82) is 0 Å². The Morgan fingerprint density at radius 3 is 2.67 bits per heavy atom. The van der Waals surface area contributed by atoms with Gasteiger partial charge in [0.2, 0.25) is 0 Å². The number of halogens is 2. The van der Waals surface area contributed by atoms with E-state index in [0.717, 1.165) is 11.3 Å². The van der Waals surface area contributed by atoms with E-state index in [2.05, 4.69) is 31.7 Å². The van der Waals surface area contributed by atoms with Crippen molar-refractivity contribution in [3.63, 3.8) is 0 Å². The number of hydrogen-bond donors (Lipinski definition) is 3. The van der Waals surface area contributed by atoms with Gasteiger partial charge in [-0.05, 0) is 53.5 Å². The summed E-state index contributed by atoms with van der Waals surface area (Å²) in [5.74, 6) is 4.54. The molecule has 110 valence electrons. The molecule has 7 heteroatoms. The van der Waals surface area contributed by atoms with Crippen molar-refractivity contribution in [3.8, 4) is 0 Å². The number of hydrazine groups is 1. The number of carbonyl (C=O) groups is 1. The molecule has 1 aromatic heterocycles. The van der Waals surface area contributed by atoms with Crippen molar-refractivity contribution in [1.82, 2.24) is 4.98 Å². The summed E-state index contributed by atoms with van der Waals surface area (Å²) in [6.07, 6.45) is 1.42. The maximum absolute atomic E-state index is 13.6. The van der Waals surface area contributed by atoms with Gasteiger partial charge in [-0.25, -0.2) is 4.39 Å². The summed E-state index contributed by atoms with van der Waals surface area (Å²) in [5.41, 5.74) is 5.05. The monoisotopic (exact) mass is 352 g/mol. The number of aromatic nitrogens is 1. The summed E-state index contributed by atoms with van der Waals surface area (Å²) in [6, 6.07) is 4.51. The molecule has 0 saturated heterocycles. The van der Waals surface area contributed by atoms with Gasteiger partial charge in [0.1, 0.15) is 5.82 Å². The lowest BCUT2D eigenvalue weighted by Gasteiger charge is -2.12. The lowest BCUT2D eigenvalue weighted by Crippen LogP contribution is -2.18. The lowest BCUT2D eigenvalue weighted by molar-refractivity contribution is 0.102. The van der Waals surface area contributed by atoms with Gasteiger partial charge >= 0.3 is 0 Å². The lowest BCUT2D eigenvalue weighted by atomic mass is 10.1. The number of carbonyl (C=O) groups excluding carboxylic acids is 1. The average molecular weight is 353 g/mol. The third-order valence-electron chi connectivity index (χ3n) is 2.96. The number of aryl methyl sites for hydroxylation is 2. The minimum atomic E-state index is -0.449. The van der Waals surface area contributed by atoms with Gasteiger partial charge < -0.3 is 10.7 Å². The van der Waals surface area contributed by atoms with Crippen molar-refractivity contribution in [2.24, 2.45) is 5.84 Å². The molecule has 0 aliphatic heterocycles. The first kappa shape index (κ1) is 15.4. The molecule has 0 bridgehead atoms. The van der Waals surface area contributed by atoms with Gasteiger partial charge in [-0.3, -0.25) is 15.6 Å². The first-order chi connectivity index (χ1) is 9.92. The molecule has 1 heterocycles. The minimum Gasteiger partial charge on any atom is -0.323 e. The van der Waals surface area contributed by atoms with Gasteiger partial charge in [-0.2, -0.15) is 0 Å². The highest BCUT2D eigenvalue weighted by Crippen LogP contribution is 2.25. The maximum atomic E-state index is 13.6. The summed E-state index contributed by atoms with van der Waals surface area (Å²) in [6.45, 7) is 3.56. The second-order valence-electron chi connectivity index (χ2n) is 4.55. The Morgan fingerprint density at radius 1 is 1.29 bits per heavy atom. The van der Waals surface area contributed by atoms with Gasteiger partial charge in [0.15, 0.2) is 0 Å². The second kappa shape index (κ2) is 6.19. The summed E-state index contributed by atoms with van der Waals surface area (Å²) < 4.78 is 13.9. The van der Waals surface area contributed by atoms with E-state index in [9.17, 15) is 9.18 Å². The highest BCUT2D eigenvalue weighted by atomic mass is 79.9. The van der Waals surface area contributed by atoms with Crippen LogP contribution in [0.15, 0.2) is 28.9 Å². The van der Waals surface area contributed by atoms with E-state index >= 15 is 0 Å². The van der Waals surface area contributed by atoms with Gasteiger partial charge in [0.25, 0.3) is 5.91 Å². The standard InChI is InChI=1S/C14H14BrFN4O/c1-7-3-10(15)11(16)5-12(7)19-14(21)9-6-18-8(2)4-13(9)20-17/h3-6H,17H2,1-2H3,(H,18,20)(H,19,21). The van der Waals surface area contributed by atoms with Crippen LogP contribution in [-0.4, -0.2) is 10.9 Å². The fraction of sp³-hybridized carbons (Fsp3) is 0.143. The van der Waals surface area contributed by atoms with Crippen molar-refractivity contribution in [3.05, 3.63) is 51.5 Å². The molecule has 0 radical (unpaired) electrons. The first-order valence-electron chi connectivity index (χ1n) is 6.12. The van der Waals surface area contributed by atoms with Gasteiger partial charge in [0, 0.05) is 17.6 Å². The topological polar surface area (TPSA) is 80.0 Å². The Balaban J connectivity index is 2.32. The number of benzene rings is 1. The zero-order valence-electron chi connectivity index (χ0n) is 11.5. The molecule has 2 rings (SSSR count). The van der Waals surface area contributed by atoms with Crippen molar-refractivity contribution in [2.45, 2.75) is 13.8 Å². The number of nitrogen functional groups attached to an aromatic ring is 1. The van der Waals surface area contributed by atoms with Crippen LogP contribution in [0.5, 0.6) is 0 Å². The van der Waals surface area contributed by atoms with E-state index in [1.807, 2.05) is 0 Å². The Bertz CT molecular complexity index is 706. The predicted molar refractivity (Wildman–Crippen MR) is 83.6 cm³/mol. The van der Waals surface area contributed by atoms with E-state index in [1.165, 1.54) is 12.3 Å². The third-order valence-corrected chi connectivity index (χ3v) is 3.56. The van der Waals surface area contributed by atoms with E-state index in [1.54, 1.807) is 26.0 Å². The zero-order valence-corrected chi connectivity index (χ0v) is 13.1. The van der Waals surface area contributed by atoms with Crippen molar-refractivity contribution < 1.29 is 9.18 Å². The van der Waals surface area contributed by atoms with Crippen LogP contribution in [0, 0.1) is 19.7 Å². The smallest absolute Gasteiger partial charge is 0.259 e.